The summed E-state index contributed by atoms with van der Waals surface area (Å²) in [5.74, 6) is -1.08. The molecule has 3 N–H and O–H groups in total. The number of Topliss-reactive ketones (excluding diaryl/α,β-unsaturated/α-hetero) is 1. The number of ketones is 1. The molecule has 3 saturated carbocycles. The maximum Gasteiger partial charge on any atom is 0.212 e. The number of hydrogen-bond acceptors (Lipinski definition) is 6. The van der Waals surface area contributed by atoms with E-state index in [1.807, 2.05) is 20.0 Å². The molecule has 0 amide bonds. The summed E-state index contributed by atoms with van der Waals surface area (Å²) >= 11 is 0. The van der Waals surface area contributed by atoms with Crippen LogP contribution >= 0.6 is 0 Å². The number of fused-ring (bicyclic) bond motifs is 6. The highest BCUT2D eigenvalue weighted by Gasteiger charge is 2.70. The molecule has 4 aliphatic rings. The first-order chi connectivity index (χ1) is 17.0. The molecule has 2 aromatic rings. The number of aliphatic hydroxyl groups excluding tert-OH is 2. The summed E-state index contributed by atoms with van der Waals surface area (Å²) in [5.41, 5.74) is 1.37. The SMILES string of the molecule is C[C@@H]1CC2C3CCC4=Cc5c(cnn5-c5ccc(F)nc5)CC4(C)C3C(O)CC2(C)[C@@]1(O)C(=O)CO. The van der Waals surface area contributed by atoms with E-state index in [2.05, 4.69) is 23.1 Å². The number of allylic oxidation sites excluding steroid dienone is 1. The minimum absolute atomic E-state index is 0.00154. The zero-order valence-corrected chi connectivity index (χ0v) is 21.0. The maximum atomic E-state index is 13.4. The van der Waals surface area contributed by atoms with Gasteiger partial charge in [-0.05, 0) is 85.0 Å². The molecule has 0 bridgehead atoms. The van der Waals surface area contributed by atoms with Gasteiger partial charge in [0.2, 0.25) is 5.95 Å². The lowest BCUT2D eigenvalue weighted by Gasteiger charge is -2.60. The van der Waals surface area contributed by atoms with Crippen molar-refractivity contribution < 1.29 is 24.5 Å². The molecular formula is C28H34FN3O4. The van der Waals surface area contributed by atoms with Gasteiger partial charge >= 0.3 is 0 Å². The number of pyridine rings is 1. The first-order valence-corrected chi connectivity index (χ1v) is 13.0. The van der Waals surface area contributed by atoms with Crippen LogP contribution < -0.4 is 0 Å². The molecule has 6 unspecified atom stereocenters. The molecular weight excluding hydrogens is 461 g/mol. The molecule has 0 radical (unpaired) electrons. The summed E-state index contributed by atoms with van der Waals surface area (Å²) in [7, 11) is 0. The van der Waals surface area contributed by atoms with E-state index >= 15 is 0 Å². The average molecular weight is 496 g/mol. The highest BCUT2D eigenvalue weighted by Crippen LogP contribution is 2.68. The lowest BCUT2D eigenvalue weighted by Crippen LogP contribution is -2.63. The van der Waals surface area contributed by atoms with Crippen LogP contribution in [0.25, 0.3) is 11.8 Å². The zero-order valence-electron chi connectivity index (χ0n) is 21.0. The van der Waals surface area contributed by atoms with Crippen molar-refractivity contribution in [2.75, 3.05) is 6.61 Å². The van der Waals surface area contributed by atoms with E-state index in [1.165, 1.54) is 17.8 Å². The van der Waals surface area contributed by atoms with Crippen molar-refractivity contribution in [2.24, 2.45) is 34.5 Å². The minimum Gasteiger partial charge on any atom is -0.393 e. The fourth-order valence-electron chi connectivity index (χ4n) is 8.93. The van der Waals surface area contributed by atoms with Crippen LogP contribution in [0.4, 0.5) is 4.39 Å². The summed E-state index contributed by atoms with van der Waals surface area (Å²) < 4.78 is 15.2. The standard InChI is InChI=1S/C28H34FN3O4/c1-15-8-20-19-6-4-17-9-21-16(12-31-32(21)18-5-7-24(29)30-13-18)10-26(17,2)25(19)22(34)11-27(20,3)28(15,36)23(35)14-33/h5,7,9,12-13,15,19-20,22,25,33-34,36H,4,6,8,10-11,14H2,1-3H3/t15-,19?,20?,22?,25?,26?,27?,28+/m1/s1. The Bertz CT molecular complexity index is 1260. The molecule has 2 heterocycles. The van der Waals surface area contributed by atoms with Crippen LogP contribution in [0.1, 0.15) is 57.7 Å². The largest absolute Gasteiger partial charge is 0.393 e. The van der Waals surface area contributed by atoms with Crippen LogP contribution in [0.15, 0.2) is 30.1 Å². The third kappa shape index (κ3) is 2.92. The Labute approximate surface area is 210 Å². The molecule has 2 aromatic heterocycles. The number of hydrogen-bond donors (Lipinski definition) is 3. The van der Waals surface area contributed by atoms with Gasteiger partial charge < -0.3 is 15.3 Å². The molecule has 8 atom stereocenters. The topological polar surface area (TPSA) is 108 Å². The van der Waals surface area contributed by atoms with E-state index in [0.717, 1.165) is 30.5 Å². The second-order valence-electron chi connectivity index (χ2n) is 12.1. The van der Waals surface area contributed by atoms with Gasteiger partial charge in [-0.2, -0.15) is 9.49 Å². The van der Waals surface area contributed by atoms with E-state index < -0.39 is 35.5 Å². The van der Waals surface area contributed by atoms with Crippen molar-refractivity contribution in [3.63, 3.8) is 0 Å². The highest BCUT2D eigenvalue weighted by molar-refractivity contribution is 5.90. The fourth-order valence-corrected chi connectivity index (χ4v) is 8.93. The smallest absolute Gasteiger partial charge is 0.212 e. The quantitative estimate of drug-likeness (QED) is 0.565. The normalized spacial score (nSPS) is 41.1. The van der Waals surface area contributed by atoms with Crippen molar-refractivity contribution in [1.82, 2.24) is 14.8 Å². The van der Waals surface area contributed by atoms with Gasteiger partial charge in [-0.3, -0.25) is 4.79 Å². The van der Waals surface area contributed by atoms with E-state index in [1.54, 1.807) is 10.7 Å². The van der Waals surface area contributed by atoms with Crippen LogP contribution in [-0.2, 0) is 11.2 Å². The number of rotatable bonds is 3. The van der Waals surface area contributed by atoms with Crippen LogP contribution in [0, 0.1) is 40.4 Å². The first kappa shape index (κ1) is 23.9. The van der Waals surface area contributed by atoms with Gasteiger partial charge in [0.15, 0.2) is 5.78 Å². The third-order valence-electron chi connectivity index (χ3n) is 10.5. The minimum atomic E-state index is -1.63. The molecule has 0 saturated heterocycles. The number of aliphatic hydroxyl groups is 3. The summed E-state index contributed by atoms with van der Waals surface area (Å²) in [6.07, 6.45) is 8.37. The van der Waals surface area contributed by atoms with Crippen molar-refractivity contribution in [1.29, 1.82) is 0 Å². The maximum absolute atomic E-state index is 13.4. The molecule has 192 valence electrons. The van der Waals surface area contributed by atoms with Gasteiger partial charge in [0, 0.05) is 5.41 Å². The summed E-state index contributed by atoms with van der Waals surface area (Å²) in [6, 6.07) is 3.00. The summed E-state index contributed by atoms with van der Waals surface area (Å²) in [5, 5.41) is 37.6. The molecule has 0 aromatic carbocycles. The van der Waals surface area contributed by atoms with Gasteiger partial charge in [-0.25, -0.2) is 9.67 Å². The molecule has 36 heavy (non-hydrogen) atoms. The van der Waals surface area contributed by atoms with Gasteiger partial charge in [-0.15, -0.1) is 0 Å². The number of carbonyl (C=O) groups is 1. The van der Waals surface area contributed by atoms with Gasteiger partial charge in [-0.1, -0.05) is 26.3 Å². The second-order valence-corrected chi connectivity index (χ2v) is 12.1. The van der Waals surface area contributed by atoms with Crippen LogP contribution in [0.5, 0.6) is 0 Å². The van der Waals surface area contributed by atoms with Crippen LogP contribution in [0.2, 0.25) is 0 Å². The molecule has 8 heteroatoms. The summed E-state index contributed by atoms with van der Waals surface area (Å²) in [6.45, 7) is 5.40. The number of halogens is 1. The molecule has 4 aliphatic carbocycles. The number of carbonyl (C=O) groups excluding carboxylic acids is 1. The second kappa shape index (κ2) is 7.79. The first-order valence-electron chi connectivity index (χ1n) is 13.0. The molecule has 7 nitrogen and oxygen atoms in total. The predicted octanol–water partition coefficient (Wildman–Crippen LogP) is 3.10. The Hall–Kier alpha value is -2.42. The van der Waals surface area contributed by atoms with Gasteiger partial charge in [0.05, 0.1) is 29.9 Å². The Morgan fingerprint density at radius 1 is 1.28 bits per heavy atom. The van der Waals surface area contributed by atoms with Gasteiger partial charge in [0.25, 0.3) is 0 Å². The van der Waals surface area contributed by atoms with E-state index in [4.69, 9.17) is 0 Å². The fraction of sp³-hybridized carbons (Fsp3) is 0.607. The Morgan fingerprint density at radius 3 is 2.75 bits per heavy atom. The van der Waals surface area contributed by atoms with Crippen molar-refractivity contribution >= 4 is 11.9 Å². The van der Waals surface area contributed by atoms with E-state index in [0.29, 0.717) is 18.5 Å². The number of aromatic nitrogens is 3. The molecule has 0 aliphatic heterocycles. The lowest BCUT2D eigenvalue weighted by molar-refractivity contribution is -0.186. The van der Waals surface area contributed by atoms with Gasteiger partial charge in [0.1, 0.15) is 12.2 Å². The zero-order chi connectivity index (χ0) is 25.6. The van der Waals surface area contributed by atoms with E-state index in [-0.39, 0.29) is 29.1 Å². The monoisotopic (exact) mass is 495 g/mol. The third-order valence-corrected chi connectivity index (χ3v) is 10.5. The summed E-state index contributed by atoms with van der Waals surface area (Å²) in [4.78, 5) is 16.6. The predicted molar refractivity (Wildman–Crippen MR) is 130 cm³/mol. The molecule has 6 rings (SSSR count). The van der Waals surface area contributed by atoms with E-state index in [9.17, 15) is 24.5 Å². The molecule has 3 fully saturated rings. The number of nitrogens with zero attached hydrogens (tertiary/aromatic N) is 3. The lowest BCUT2D eigenvalue weighted by atomic mass is 9.45. The van der Waals surface area contributed by atoms with Crippen LogP contribution in [-0.4, -0.2) is 54.2 Å². The highest BCUT2D eigenvalue weighted by atomic mass is 19.1. The Morgan fingerprint density at radius 2 is 2.06 bits per heavy atom. The average Bonchev–Trinajstić information content (AvgIpc) is 3.33. The Kier molecular flexibility index (Phi) is 5.18. The van der Waals surface area contributed by atoms with Crippen molar-refractivity contribution in [3.8, 4) is 5.69 Å². The van der Waals surface area contributed by atoms with Crippen LogP contribution in [0.3, 0.4) is 0 Å². The Balaban J connectivity index is 1.38. The molecule has 0 spiro atoms. The van der Waals surface area contributed by atoms with Crippen molar-refractivity contribution in [3.05, 3.63) is 47.3 Å². The van der Waals surface area contributed by atoms with Crippen molar-refractivity contribution in [2.45, 2.75) is 64.6 Å².